The first-order chi connectivity index (χ1) is 13.6. The summed E-state index contributed by atoms with van der Waals surface area (Å²) in [7, 11) is 0. The number of benzene rings is 2. The lowest BCUT2D eigenvalue weighted by atomic mass is 10.1. The van der Waals surface area contributed by atoms with Crippen molar-refractivity contribution >= 4 is 39.4 Å². The van der Waals surface area contributed by atoms with E-state index in [4.69, 9.17) is 0 Å². The molecule has 1 N–H and O–H groups in total. The largest absolute Gasteiger partial charge is 0.312 e. The summed E-state index contributed by atoms with van der Waals surface area (Å²) in [4.78, 5) is 30.7. The molecule has 1 aliphatic rings. The van der Waals surface area contributed by atoms with Crippen LogP contribution in [0.1, 0.15) is 12.0 Å². The molecule has 7 nitrogen and oxygen atoms in total. The summed E-state index contributed by atoms with van der Waals surface area (Å²) in [6.45, 7) is 0.911. The van der Waals surface area contributed by atoms with Gasteiger partial charge in [-0.05, 0) is 23.8 Å². The second-order valence-electron chi connectivity index (χ2n) is 6.63. The van der Waals surface area contributed by atoms with Crippen LogP contribution in [0.3, 0.4) is 0 Å². The number of hydrogen-bond acceptors (Lipinski definition) is 4. The first-order valence-corrected chi connectivity index (χ1v) is 9.68. The van der Waals surface area contributed by atoms with Gasteiger partial charge in [-0.1, -0.05) is 52.3 Å². The zero-order valence-electron chi connectivity index (χ0n) is 15.0. The van der Waals surface area contributed by atoms with Gasteiger partial charge in [0.2, 0.25) is 17.8 Å². The van der Waals surface area contributed by atoms with E-state index in [1.165, 1.54) is 0 Å². The molecule has 0 radical (unpaired) electrons. The van der Waals surface area contributed by atoms with Gasteiger partial charge in [0.15, 0.2) is 0 Å². The van der Waals surface area contributed by atoms with E-state index in [9.17, 15) is 9.59 Å². The fraction of sp³-hybridized carbons (Fsp3) is 0.200. The van der Waals surface area contributed by atoms with Crippen molar-refractivity contribution in [1.29, 1.82) is 0 Å². The van der Waals surface area contributed by atoms with Crippen molar-refractivity contribution in [2.75, 3.05) is 16.8 Å². The Hall–Kier alpha value is -3.00. The van der Waals surface area contributed by atoms with Crippen LogP contribution in [0.15, 0.2) is 65.4 Å². The maximum Gasteiger partial charge on any atom is 0.248 e. The van der Waals surface area contributed by atoms with Crippen molar-refractivity contribution in [3.63, 3.8) is 0 Å². The number of anilines is 2. The maximum atomic E-state index is 12.6. The molecule has 1 saturated heterocycles. The van der Waals surface area contributed by atoms with Gasteiger partial charge in [-0.2, -0.15) is 0 Å². The third-order valence-electron chi connectivity index (χ3n) is 4.57. The molecule has 8 heteroatoms. The molecule has 3 aromatic rings. The van der Waals surface area contributed by atoms with Crippen molar-refractivity contribution < 1.29 is 9.59 Å². The molecule has 1 fully saturated rings. The van der Waals surface area contributed by atoms with Crippen LogP contribution in [-0.2, 0) is 16.1 Å². The Bertz CT molecular complexity index is 1000. The van der Waals surface area contributed by atoms with Gasteiger partial charge in [0, 0.05) is 23.1 Å². The third-order valence-corrected chi connectivity index (χ3v) is 5.07. The third kappa shape index (κ3) is 4.12. The summed E-state index contributed by atoms with van der Waals surface area (Å²) in [5.41, 5.74) is 1.87. The zero-order valence-corrected chi connectivity index (χ0v) is 16.5. The summed E-state index contributed by atoms with van der Waals surface area (Å²) in [6.07, 6.45) is 1.75. The van der Waals surface area contributed by atoms with Gasteiger partial charge in [0.1, 0.15) is 6.33 Å². The van der Waals surface area contributed by atoms with Crippen molar-refractivity contribution in [2.24, 2.45) is 5.92 Å². The van der Waals surface area contributed by atoms with Crippen LogP contribution in [0.5, 0.6) is 0 Å². The molecule has 1 unspecified atom stereocenters. The standard InChI is InChI=1S/C20H18BrN5O2/c21-16-7-4-8-17(10-16)26-12-15(9-18(26)27)19(28)23-20-22-13-25(24-20)11-14-5-2-1-3-6-14/h1-8,10,13,15H,9,11-12H2,(H,23,24,28). The van der Waals surface area contributed by atoms with Crippen molar-refractivity contribution in [3.05, 3.63) is 71.0 Å². The molecule has 2 aromatic carbocycles. The van der Waals surface area contributed by atoms with Crippen LogP contribution in [0.25, 0.3) is 0 Å². The predicted octanol–water partition coefficient (Wildman–Crippen LogP) is 3.08. The summed E-state index contributed by atoms with van der Waals surface area (Å²) >= 11 is 3.41. The van der Waals surface area contributed by atoms with Crippen molar-refractivity contribution in [2.45, 2.75) is 13.0 Å². The average Bonchev–Trinajstić information content (AvgIpc) is 3.29. The minimum Gasteiger partial charge on any atom is -0.312 e. The highest BCUT2D eigenvalue weighted by Gasteiger charge is 2.35. The van der Waals surface area contributed by atoms with Gasteiger partial charge in [-0.3, -0.25) is 14.9 Å². The van der Waals surface area contributed by atoms with Gasteiger partial charge in [-0.15, -0.1) is 5.10 Å². The van der Waals surface area contributed by atoms with Crippen LogP contribution in [-0.4, -0.2) is 33.1 Å². The minimum atomic E-state index is -0.437. The highest BCUT2D eigenvalue weighted by Crippen LogP contribution is 2.27. The average molecular weight is 440 g/mol. The molecule has 0 bridgehead atoms. The lowest BCUT2D eigenvalue weighted by molar-refractivity contribution is -0.122. The Morgan fingerprint density at radius 3 is 2.79 bits per heavy atom. The molecule has 2 amide bonds. The van der Waals surface area contributed by atoms with Crippen molar-refractivity contribution in [3.8, 4) is 0 Å². The minimum absolute atomic E-state index is 0.0687. The number of rotatable bonds is 5. The number of halogens is 1. The Labute approximate surface area is 170 Å². The Kier molecular flexibility index (Phi) is 5.21. The van der Waals surface area contributed by atoms with Gasteiger partial charge in [-0.25, -0.2) is 9.67 Å². The number of nitrogens with zero attached hydrogens (tertiary/aromatic N) is 4. The molecular formula is C20H18BrN5O2. The quantitative estimate of drug-likeness (QED) is 0.662. The van der Waals surface area contributed by atoms with Crippen molar-refractivity contribution in [1.82, 2.24) is 14.8 Å². The van der Waals surface area contributed by atoms with E-state index in [0.717, 1.165) is 15.7 Å². The molecule has 1 atom stereocenters. The summed E-state index contributed by atoms with van der Waals surface area (Å²) in [5, 5.41) is 7.02. The van der Waals surface area contributed by atoms with E-state index in [1.54, 1.807) is 15.9 Å². The fourth-order valence-corrected chi connectivity index (χ4v) is 3.57. The first-order valence-electron chi connectivity index (χ1n) is 8.88. The van der Waals surface area contributed by atoms with Crippen LogP contribution in [0.4, 0.5) is 11.6 Å². The number of amides is 2. The first kappa shape index (κ1) is 18.4. The Balaban J connectivity index is 1.38. The van der Waals surface area contributed by atoms with Crippen LogP contribution in [0, 0.1) is 5.92 Å². The van der Waals surface area contributed by atoms with E-state index in [2.05, 4.69) is 31.3 Å². The summed E-state index contributed by atoms with van der Waals surface area (Å²) in [5.74, 6) is -0.508. The molecule has 0 saturated carbocycles. The van der Waals surface area contributed by atoms with Gasteiger partial charge >= 0.3 is 0 Å². The molecule has 1 aliphatic heterocycles. The Morgan fingerprint density at radius 1 is 1.18 bits per heavy atom. The topological polar surface area (TPSA) is 80.1 Å². The molecule has 0 aliphatic carbocycles. The number of aromatic nitrogens is 3. The molecule has 1 aromatic heterocycles. The monoisotopic (exact) mass is 439 g/mol. The van der Waals surface area contributed by atoms with Gasteiger partial charge in [0.05, 0.1) is 12.5 Å². The predicted molar refractivity (Wildman–Crippen MR) is 109 cm³/mol. The van der Waals surface area contributed by atoms with E-state index in [-0.39, 0.29) is 24.2 Å². The van der Waals surface area contributed by atoms with Crippen LogP contribution < -0.4 is 10.2 Å². The molecule has 2 heterocycles. The second-order valence-corrected chi connectivity index (χ2v) is 7.54. The fourth-order valence-electron chi connectivity index (χ4n) is 3.19. The molecule has 28 heavy (non-hydrogen) atoms. The molecular weight excluding hydrogens is 422 g/mol. The lowest BCUT2D eigenvalue weighted by Gasteiger charge is -2.16. The summed E-state index contributed by atoms with van der Waals surface area (Å²) < 4.78 is 2.55. The molecule has 0 spiro atoms. The highest BCUT2D eigenvalue weighted by molar-refractivity contribution is 9.10. The number of carbonyl (C=O) groups excluding carboxylic acids is 2. The van der Waals surface area contributed by atoms with E-state index in [0.29, 0.717) is 13.1 Å². The normalized spacial score (nSPS) is 16.4. The molecule has 142 valence electrons. The maximum absolute atomic E-state index is 12.6. The Morgan fingerprint density at radius 2 is 2.00 bits per heavy atom. The smallest absolute Gasteiger partial charge is 0.248 e. The van der Waals surface area contributed by atoms with E-state index >= 15 is 0 Å². The van der Waals surface area contributed by atoms with E-state index in [1.807, 2.05) is 54.6 Å². The van der Waals surface area contributed by atoms with Crippen LogP contribution in [0.2, 0.25) is 0 Å². The van der Waals surface area contributed by atoms with E-state index < -0.39 is 5.92 Å². The SMILES string of the molecule is O=C(Nc1ncn(Cc2ccccc2)n1)C1CC(=O)N(c2cccc(Br)c2)C1. The van der Waals surface area contributed by atoms with Crippen LogP contribution >= 0.6 is 15.9 Å². The molecule has 4 rings (SSSR count). The highest BCUT2D eigenvalue weighted by atomic mass is 79.9. The zero-order chi connectivity index (χ0) is 19.5. The number of carbonyl (C=O) groups is 2. The van der Waals surface area contributed by atoms with Gasteiger partial charge in [0.25, 0.3) is 0 Å². The lowest BCUT2D eigenvalue weighted by Crippen LogP contribution is -2.28. The summed E-state index contributed by atoms with van der Waals surface area (Å²) in [6, 6.07) is 17.4. The number of nitrogens with one attached hydrogen (secondary N) is 1. The van der Waals surface area contributed by atoms with Gasteiger partial charge < -0.3 is 4.90 Å². The number of hydrogen-bond donors (Lipinski definition) is 1. The second kappa shape index (κ2) is 7.93.